The minimum absolute atomic E-state index is 0.203. The van der Waals surface area contributed by atoms with E-state index in [1.165, 1.54) is 0 Å². The van der Waals surface area contributed by atoms with Crippen molar-refractivity contribution >= 4 is 22.9 Å². The highest BCUT2D eigenvalue weighted by Crippen LogP contribution is 2.27. The van der Waals surface area contributed by atoms with Crippen LogP contribution in [0.1, 0.15) is 13.3 Å². The molecule has 1 aromatic carbocycles. The van der Waals surface area contributed by atoms with Gasteiger partial charge in [-0.1, -0.05) is 30.8 Å². The predicted octanol–water partition coefficient (Wildman–Crippen LogP) is 2.69. The number of aromatic nitrogens is 1. The fraction of sp³-hybridized carbons (Fsp3) is 0.364. The third kappa shape index (κ3) is 2.52. The van der Waals surface area contributed by atoms with Crippen LogP contribution in [0.15, 0.2) is 33.9 Å². The first-order valence-corrected chi connectivity index (χ1v) is 5.80. The summed E-state index contributed by atoms with van der Waals surface area (Å²) in [4.78, 5) is 4.35. The van der Waals surface area contributed by atoms with Crippen LogP contribution in [0.2, 0.25) is 0 Å². The Morgan fingerprint density at radius 2 is 2.27 bits per heavy atom. The Morgan fingerprint density at radius 3 is 3.00 bits per heavy atom. The van der Waals surface area contributed by atoms with E-state index in [1.807, 2.05) is 24.3 Å². The summed E-state index contributed by atoms with van der Waals surface area (Å²) in [7, 11) is 0. The third-order valence-corrected chi connectivity index (χ3v) is 3.13. The number of rotatable bonds is 4. The summed E-state index contributed by atoms with van der Waals surface area (Å²) in [5.41, 5.74) is 1.70. The molecule has 0 amide bonds. The molecule has 4 heteroatoms. The van der Waals surface area contributed by atoms with E-state index >= 15 is 0 Å². The van der Waals surface area contributed by atoms with Gasteiger partial charge in [0.05, 0.1) is 0 Å². The van der Waals surface area contributed by atoms with Crippen molar-refractivity contribution < 1.29 is 9.52 Å². The van der Waals surface area contributed by atoms with Crippen LogP contribution < -0.4 is 0 Å². The maximum atomic E-state index is 8.79. The van der Waals surface area contributed by atoms with Gasteiger partial charge in [-0.05, 0) is 18.6 Å². The van der Waals surface area contributed by atoms with Gasteiger partial charge in [0.25, 0.3) is 5.22 Å². The maximum Gasteiger partial charge on any atom is 0.256 e. The smallest absolute Gasteiger partial charge is 0.256 e. The number of oxazole rings is 1. The molecule has 1 N–H and O–H groups in total. The number of hydrogen-bond donors (Lipinski definition) is 1. The van der Waals surface area contributed by atoms with Crippen LogP contribution in [0.5, 0.6) is 0 Å². The molecule has 0 fully saturated rings. The highest BCUT2D eigenvalue weighted by atomic mass is 32.2. The van der Waals surface area contributed by atoms with Gasteiger partial charge in [-0.3, -0.25) is 0 Å². The molecule has 0 saturated carbocycles. The Morgan fingerprint density at radius 1 is 1.47 bits per heavy atom. The highest BCUT2D eigenvalue weighted by molar-refractivity contribution is 7.99. The zero-order valence-electron chi connectivity index (χ0n) is 8.51. The van der Waals surface area contributed by atoms with Crippen molar-refractivity contribution in [3.63, 3.8) is 0 Å². The molecule has 1 atom stereocenters. The van der Waals surface area contributed by atoms with E-state index in [-0.39, 0.29) is 6.61 Å². The van der Waals surface area contributed by atoms with E-state index in [1.54, 1.807) is 11.8 Å². The van der Waals surface area contributed by atoms with Gasteiger partial charge in [-0.15, -0.1) is 0 Å². The molecule has 2 rings (SSSR count). The summed E-state index contributed by atoms with van der Waals surface area (Å²) in [5.74, 6) is 0. The number of fused-ring (bicyclic) bond motifs is 1. The number of para-hydroxylation sites is 2. The summed E-state index contributed by atoms with van der Waals surface area (Å²) in [6.45, 7) is 2.25. The first kappa shape index (κ1) is 10.5. The molecule has 2 aromatic rings. The largest absolute Gasteiger partial charge is 0.431 e. The first-order valence-electron chi connectivity index (χ1n) is 4.92. The Labute approximate surface area is 92.5 Å². The molecular formula is C11H13NO2S. The molecule has 0 aliphatic rings. The van der Waals surface area contributed by atoms with E-state index in [9.17, 15) is 0 Å². The molecule has 0 bridgehead atoms. The third-order valence-electron chi connectivity index (χ3n) is 2.11. The predicted molar refractivity (Wildman–Crippen MR) is 61.0 cm³/mol. The average molecular weight is 223 g/mol. The highest BCUT2D eigenvalue weighted by Gasteiger charge is 2.09. The van der Waals surface area contributed by atoms with Crippen molar-refractivity contribution in [2.45, 2.75) is 23.8 Å². The van der Waals surface area contributed by atoms with Gasteiger partial charge in [-0.25, -0.2) is 4.98 Å². The van der Waals surface area contributed by atoms with Crippen molar-refractivity contribution in [1.82, 2.24) is 4.98 Å². The van der Waals surface area contributed by atoms with Crippen molar-refractivity contribution in [3.8, 4) is 0 Å². The second-order valence-corrected chi connectivity index (χ2v) is 4.78. The molecule has 15 heavy (non-hydrogen) atoms. The zero-order chi connectivity index (χ0) is 10.7. The molecule has 1 unspecified atom stereocenters. The maximum absolute atomic E-state index is 8.79. The Balaban J connectivity index is 2.15. The lowest BCUT2D eigenvalue weighted by atomic mass is 10.3. The number of benzene rings is 1. The fourth-order valence-corrected chi connectivity index (χ4v) is 2.17. The van der Waals surface area contributed by atoms with E-state index < -0.39 is 0 Å². The molecule has 0 aliphatic heterocycles. The van der Waals surface area contributed by atoms with Crippen molar-refractivity contribution in [1.29, 1.82) is 0 Å². The van der Waals surface area contributed by atoms with Gasteiger partial charge in [0.1, 0.15) is 5.52 Å². The second kappa shape index (κ2) is 4.68. The summed E-state index contributed by atoms with van der Waals surface area (Å²) >= 11 is 1.56. The Bertz CT molecular complexity index is 408. The van der Waals surface area contributed by atoms with Crippen LogP contribution in [0.25, 0.3) is 11.1 Å². The minimum Gasteiger partial charge on any atom is -0.431 e. The minimum atomic E-state index is 0.203. The fourth-order valence-electron chi connectivity index (χ4n) is 1.31. The van der Waals surface area contributed by atoms with Gasteiger partial charge >= 0.3 is 0 Å². The van der Waals surface area contributed by atoms with Gasteiger partial charge in [0.2, 0.25) is 0 Å². The second-order valence-electron chi connectivity index (χ2n) is 3.39. The standard InChI is InChI=1S/C11H13NO2S/c1-8(6-7-13)15-11-12-9-4-2-3-5-10(9)14-11/h2-5,8,13H,6-7H2,1H3. The molecule has 80 valence electrons. The lowest BCUT2D eigenvalue weighted by Crippen LogP contribution is -1.98. The molecule has 0 spiro atoms. The lowest BCUT2D eigenvalue weighted by molar-refractivity contribution is 0.288. The summed E-state index contributed by atoms with van der Waals surface area (Å²) in [6.07, 6.45) is 0.753. The molecule has 0 radical (unpaired) electrons. The van der Waals surface area contributed by atoms with Gasteiger partial charge in [0, 0.05) is 11.9 Å². The number of nitrogens with zero attached hydrogens (tertiary/aromatic N) is 1. The SMILES string of the molecule is CC(CCO)Sc1nc2ccccc2o1. The average Bonchev–Trinajstić information content (AvgIpc) is 2.59. The monoisotopic (exact) mass is 223 g/mol. The molecule has 1 heterocycles. The molecule has 0 aliphatic carbocycles. The van der Waals surface area contributed by atoms with Crippen molar-refractivity contribution in [3.05, 3.63) is 24.3 Å². The Hall–Kier alpha value is -1.00. The van der Waals surface area contributed by atoms with Crippen molar-refractivity contribution in [2.24, 2.45) is 0 Å². The van der Waals surface area contributed by atoms with Crippen LogP contribution in [0.4, 0.5) is 0 Å². The van der Waals surface area contributed by atoms with Crippen LogP contribution in [0, 0.1) is 0 Å². The van der Waals surface area contributed by atoms with E-state index in [2.05, 4.69) is 11.9 Å². The van der Waals surface area contributed by atoms with E-state index in [0.717, 1.165) is 17.5 Å². The van der Waals surface area contributed by atoms with Crippen LogP contribution >= 0.6 is 11.8 Å². The van der Waals surface area contributed by atoms with Crippen LogP contribution in [-0.4, -0.2) is 21.9 Å². The normalized spacial score (nSPS) is 13.2. The number of aliphatic hydroxyl groups excluding tert-OH is 1. The van der Waals surface area contributed by atoms with Gasteiger partial charge in [0.15, 0.2) is 5.58 Å². The summed E-state index contributed by atoms with van der Waals surface area (Å²) in [5, 5.41) is 9.79. The summed E-state index contributed by atoms with van der Waals surface area (Å²) < 4.78 is 5.56. The topological polar surface area (TPSA) is 46.3 Å². The van der Waals surface area contributed by atoms with Gasteiger partial charge < -0.3 is 9.52 Å². The quantitative estimate of drug-likeness (QED) is 0.809. The van der Waals surface area contributed by atoms with Crippen molar-refractivity contribution in [2.75, 3.05) is 6.61 Å². The zero-order valence-corrected chi connectivity index (χ0v) is 9.33. The number of thioether (sulfide) groups is 1. The Kier molecular flexibility index (Phi) is 3.28. The van der Waals surface area contributed by atoms with E-state index in [0.29, 0.717) is 10.5 Å². The number of aliphatic hydroxyl groups is 1. The van der Waals surface area contributed by atoms with E-state index in [4.69, 9.17) is 9.52 Å². The van der Waals surface area contributed by atoms with Gasteiger partial charge in [-0.2, -0.15) is 0 Å². The van der Waals surface area contributed by atoms with Crippen LogP contribution in [0.3, 0.4) is 0 Å². The molecule has 3 nitrogen and oxygen atoms in total. The lowest BCUT2D eigenvalue weighted by Gasteiger charge is -2.04. The molecule has 1 aromatic heterocycles. The summed E-state index contributed by atoms with van der Waals surface area (Å²) in [6, 6.07) is 7.71. The first-order chi connectivity index (χ1) is 7.29. The molecule has 0 saturated heterocycles. The molecular weight excluding hydrogens is 210 g/mol. The number of hydrogen-bond acceptors (Lipinski definition) is 4. The van der Waals surface area contributed by atoms with Crippen LogP contribution in [-0.2, 0) is 0 Å².